The van der Waals surface area contributed by atoms with Gasteiger partial charge in [0.1, 0.15) is 0 Å². The highest BCUT2D eigenvalue weighted by Crippen LogP contribution is 2.21. The highest BCUT2D eigenvalue weighted by molar-refractivity contribution is 5.71. The molecule has 21 heavy (non-hydrogen) atoms. The van der Waals surface area contributed by atoms with Crippen LogP contribution in [0.15, 0.2) is 0 Å². The fraction of sp³-hybridized carbons (Fsp3) is 0.941. The van der Waals surface area contributed by atoms with Crippen molar-refractivity contribution >= 4 is 5.97 Å². The van der Waals surface area contributed by atoms with E-state index in [1.807, 2.05) is 6.92 Å². The quantitative estimate of drug-likeness (QED) is 0.665. The molecule has 4 heteroatoms. The van der Waals surface area contributed by atoms with E-state index in [0.717, 1.165) is 25.6 Å². The Kier molecular flexibility index (Phi) is 8.93. The van der Waals surface area contributed by atoms with E-state index in [-0.39, 0.29) is 5.97 Å². The molecule has 4 nitrogen and oxygen atoms in total. The minimum Gasteiger partial charge on any atom is -0.465 e. The molecule has 1 N–H and O–H groups in total. The van der Waals surface area contributed by atoms with Crippen LogP contribution in [0.2, 0.25) is 0 Å². The Morgan fingerprint density at radius 3 is 2.71 bits per heavy atom. The van der Waals surface area contributed by atoms with Crippen LogP contribution in [0.1, 0.15) is 53.4 Å². The molecule has 1 fully saturated rings. The molecule has 1 aliphatic heterocycles. The maximum absolute atomic E-state index is 11.7. The highest BCUT2D eigenvalue weighted by atomic mass is 16.5. The van der Waals surface area contributed by atoms with Gasteiger partial charge in [0.05, 0.1) is 13.2 Å². The van der Waals surface area contributed by atoms with E-state index in [1.54, 1.807) is 0 Å². The number of likely N-dealkylation sites (tertiary alicyclic amines) is 1. The van der Waals surface area contributed by atoms with E-state index in [9.17, 15) is 4.79 Å². The van der Waals surface area contributed by atoms with Crippen LogP contribution < -0.4 is 5.32 Å². The summed E-state index contributed by atoms with van der Waals surface area (Å²) in [6, 6.07) is 0.517. The monoisotopic (exact) mass is 298 g/mol. The molecule has 1 saturated heterocycles. The largest absolute Gasteiger partial charge is 0.465 e. The Hall–Kier alpha value is -0.610. The lowest BCUT2D eigenvalue weighted by Crippen LogP contribution is -2.51. The molecule has 0 radical (unpaired) electrons. The minimum atomic E-state index is -0.0874. The summed E-state index contributed by atoms with van der Waals surface area (Å²) in [5.74, 6) is 1.36. The lowest BCUT2D eigenvalue weighted by Gasteiger charge is -2.38. The van der Waals surface area contributed by atoms with Crippen molar-refractivity contribution in [2.45, 2.75) is 59.4 Å². The second kappa shape index (κ2) is 10.2. The first-order valence-electron chi connectivity index (χ1n) is 8.66. The average molecular weight is 298 g/mol. The van der Waals surface area contributed by atoms with Crippen molar-refractivity contribution in [2.24, 2.45) is 11.8 Å². The fourth-order valence-corrected chi connectivity index (χ4v) is 3.16. The van der Waals surface area contributed by atoms with Crippen molar-refractivity contribution in [3.63, 3.8) is 0 Å². The van der Waals surface area contributed by atoms with Gasteiger partial charge in [-0.1, -0.05) is 27.2 Å². The summed E-state index contributed by atoms with van der Waals surface area (Å²) in [6.45, 7) is 12.6. The van der Waals surface area contributed by atoms with Crippen LogP contribution in [0, 0.1) is 11.8 Å². The molecule has 1 rings (SSSR count). The van der Waals surface area contributed by atoms with Crippen LogP contribution in [0.3, 0.4) is 0 Å². The van der Waals surface area contributed by atoms with Crippen LogP contribution >= 0.6 is 0 Å². The van der Waals surface area contributed by atoms with Crippen LogP contribution in [0.5, 0.6) is 0 Å². The summed E-state index contributed by atoms with van der Waals surface area (Å²) >= 11 is 0. The smallest absolute Gasteiger partial charge is 0.320 e. The number of nitrogens with zero attached hydrogens (tertiary/aromatic N) is 1. The predicted octanol–water partition coefficient (Wildman–Crippen LogP) is 2.68. The number of ether oxygens (including phenoxy) is 1. The van der Waals surface area contributed by atoms with E-state index < -0.39 is 0 Å². The molecule has 0 bridgehead atoms. The molecule has 0 aliphatic carbocycles. The maximum Gasteiger partial charge on any atom is 0.320 e. The third-order valence-electron chi connectivity index (χ3n) is 4.12. The molecule has 1 aliphatic rings. The Morgan fingerprint density at radius 2 is 2.10 bits per heavy atom. The van der Waals surface area contributed by atoms with Gasteiger partial charge in [0.15, 0.2) is 0 Å². The Labute approximate surface area is 130 Å². The van der Waals surface area contributed by atoms with E-state index in [4.69, 9.17) is 4.74 Å². The molecule has 124 valence electrons. The molecular formula is C17H34N2O2. The highest BCUT2D eigenvalue weighted by Gasteiger charge is 2.27. The Morgan fingerprint density at radius 1 is 1.33 bits per heavy atom. The summed E-state index contributed by atoms with van der Waals surface area (Å²) in [7, 11) is 0. The number of nitrogens with one attached hydrogen (secondary N) is 1. The molecule has 2 unspecified atom stereocenters. The Bertz CT molecular complexity index is 295. The van der Waals surface area contributed by atoms with Gasteiger partial charge in [0, 0.05) is 19.1 Å². The number of hydrogen-bond acceptors (Lipinski definition) is 4. The third kappa shape index (κ3) is 7.82. The lowest BCUT2D eigenvalue weighted by atomic mass is 9.90. The molecule has 2 atom stereocenters. The van der Waals surface area contributed by atoms with Crippen molar-refractivity contribution in [3.8, 4) is 0 Å². The Balaban J connectivity index is 2.45. The summed E-state index contributed by atoms with van der Waals surface area (Å²) in [6.07, 6.45) is 4.93. The number of carbonyl (C=O) groups excluding carboxylic acids is 1. The SMILES string of the molecule is CCCC1CC(NCCC(C)C)CN(CC(=O)OCC)C1. The zero-order valence-electron chi connectivity index (χ0n) is 14.4. The summed E-state index contributed by atoms with van der Waals surface area (Å²) in [5.41, 5.74) is 0. The van der Waals surface area contributed by atoms with Gasteiger partial charge in [-0.3, -0.25) is 9.69 Å². The zero-order chi connectivity index (χ0) is 15.7. The number of esters is 1. The molecule has 0 aromatic rings. The number of piperidine rings is 1. The first kappa shape index (κ1) is 18.4. The van der Waals surface area contributed by atoms with Crippen LogP contribution in [0.4, 0.5) is 0 Å². The molecule has 1 heterocycles. The van der Waals surface area contributed by atoms with Crippen molar-refractivity contribution in [3.05, 3.63) is 0 Å². The molecule has 0 saturated carbocycles. The van der Waals surface area contributed by atoms with E-state index in [2.05, 4.69) is 31.0 Å². The standard InChI is InChI=1S/C17H34N2O2/c1-5-7-15-10-16(18-9-8-14(3)4)12-19(11-15)13-17(20)21-6-2/h14-16,18H,5-13H2,1-4H3. The molecular weight excluding hydrogens is 264 g/mol. The van der Waals surface area contributed by atoms with Crippen molar-refractivity contribution < 1.29 is 9.53 Å². The first-order chi connectivity index (χ1) is 10.0. The van der Waals surface area contributed by atoms with Crippen LogP contribution in [-0.2, 0) is 9.53 Å². The van der Waals surface area contributed by atoms with Crippen molar-refractivity contribution in [2.75, 3.05) is 32.8 Å². The normalized spacial score (nSPS) is 23.5. The van der Waals surface area contributed by atoms with E-state index >= 15 is 0 Å². The van der Waals surface area contributed by atoms with Gasteiger partial charge in [-0.2, -0.15) is 0 Å². The number of rotatable bonds is 9. The molecule has 0 aromatic heterocycles. The lowest BCUT2D eigenvalue weighted by molar-refractivity contribution is -0.145. The van der Waals surface area contributed by atoms with Gasteiger partial charge in [-0.25, -0.2) is 0 Å². The molecule has 0 amide bonds. The van der Waals surface area contributed by atoms with Crippen LogP contribution in [-0.4, -0.2) is 49.7 Å². The maximum atomic E-state index is 11.7. The summed E-state index contributed by atoms with van der Waals surface area (Å²) in [4.78, 5) is 14.0. The number of carbonyl (C=O) groups is 1. The van der Waals surface area contributed by atoms with Crippen molar-refractivity contribution in [1.82, 2.24) is 10.2 Å². The zero-order valence-corrected chi connectivity index (χ0v) is 14.4. The predicted molar refractivity (Wildman–Crippen MR) is 87.3 cm³/mol. The first-order valence-corrected chi connectivity index (χ1v) is 8.66. The molecule has 0 aromatic carbocycles. The van der Waals surface area contributed by atoms with Gasteiger partial charge in [0.25, 0.3) is 0 Å². The van der Waals surface area contributed by atoms with Gasteiger partial charge in [0.2, 0.25) is 0 Å². The van der Waals surface area contributed by atoms with Crippen molar-refractivity contribution in [1.29, 1.82) is 0 Å². The van der Waals surface area contributed by atoms with Gasteiger partial charge < -0.3 is 10.1 Å². The number of hydrogen-bond donors (Lipinski definition) is 1. The summed E-state index contributed by atoms with van der Waals surface area (Å²) < 4.78 is 5.09. The topological polar surface area (TPSA) is 41.6 Å². The van der Waals surface area contributed by atoms with Gasteiger partial charge in [-0.15, -0.1) is 0 Å². The van der Waals surface area contributed by atoms with Gasteiger partial charge in [-0.05, 0) is 44.6 Å². The summed E-state index contributed by atoms with van der Waals surface area (Å²) in [5, 5.41) is 3.68. The second-order valence-electron chi connectivity index (χ2n) is 6.72. The average Bonchev–Trinajstić information content (AvgIpc) is 2.38. The minimum absolute atomic E-state index is 0.0874. The van der Waals surface area contributed by atoms with Crippen LogP contribution in [0.25, 0.3) is 0 Å². The molecule has 0 spiro atoms. The fourth-order valence-electron chi connectivity index (χ4n) is 3.16. The second-order valence-corrected chi connectivity index (χ2v) is 6.72. The van der Waals surface area contributed by atoms with E-state index in [0.29, 0.717) is 25.1 Å². The third-order valence-corrected chi connectivity index (χ3v) is 4.12. The van der Waals surface area contributed by atoms with Gasteiger partial charge >= 0.3 is 5.97 Å². The van der Waals surface area contributed by atoms with E-state index in [1.165, 1.54) is 25.7 Å².